The molecule has 0 bridgehead atoms. The van der Waals surface area contributed by atoms with Gasteiger partial charge in [0, 0.05) is 72.3 Å². The van der Waals surface area contributed by atoms with Crippen LogP contribution in [0.5, 0.6) is 11.5 Å². The summed E-state index contributed by atoms with van der Waals surface area (Å²) < 4.78 is 19.6. The van der Waals surface area contributed by atoms with Gasteiger partial charge < -0.3 is 30.1 Å². The summed E-state index contributed by atoms with van der Waals surface area (Å²) in [6.07, 6.45) is 7.81. The Balaban J connectivity index is 1.27. The lowest BCUT2D eigenvalue weighted by atomic mass is 10.1. The molecule has 14 heteroatoms. The summed E-state index contributed by atoms with van der Waals surface area (Å²) in [5, 5.41) is 12.3. The second-order valence-electron chi connectivity index (χ2n) is 13.3. The standard InChI is InChI=1S/C40H38N10O4/c1-21-11-33(47(3)45-21)29-17-31-27(19-43-29)25-13-23(39(41)51)15-35(53-5)37(25)49(31)9-7-8-10-50-32-18-30(34-12-22(2)46-48(34)4)44-20-28(32)26-14-24(40(42)52)16-36(54-6)38(26)50/h7-8,11-20H,9-10H2,1-6H3,(H2,41,51)(H2,42,52)/b8-7-. The second-order valence-corrected chi connectivity index (χ2v) is 13.3. The zero-order valence-corrected chi connectivity index (χ0v) is 30.7. The van der Waals surface area contributed by atoms with Gasteiger partial charge in [-0.2, -0.15) is 10.2 Å². The van der Waals surface area contributed by atoms with Crippen molar-refractivity contribution in [1.82, 2.24) is 38.7 Å². The smallest absolute Gasteiger partial charge is 0.248 e. The Morgan fingerprint density at radius 1 is 0.630 bits per heavy atom. The topological polar surface area (TPSA) is 176 Å². The Kier molecular flexibility index (Phi) is 8.17. The molecule has 14 nitrogen and oxygen atoms in total. The minimum Gasteiger partial charge on any atom is -0.495 e. The van der Waals surface area contributed by atoms with E-state index in [0.717, 1.165) is 77.8 Å². The number of aromatic nitrogens is 8. The summed E-state index contributed by atoms with van der Waals surface area (Å²) in [6.45, 7) is 4.81. The monoisotopic (exact) mass is 722 g/mol. The van der Waals surface area contributed by atoms with Gasteiger partial charge in [0.15, 0.2) is 0 Å². The minimum atomic E-state index is -0.549. The van der Waals surface area contributed by atoms with Gasteiger partial charge in [0.2, 0.25) is 11.8 Å². The van der Waals surface area contributed by atoms with E-state index in [-0.39, 0.29) is 0 Å². The van der Waals surface area contributed by atoms with Crippen molar-refractivity contribution < 1.29 is 19.1 Å². The third kappa shape index (κ3) is 5.50. The predicted octanol–water partition coefficient (Wildman–Crippen LogP) is 5.58. The summed E-state index contributed by atoms with van der Waals surface area (Å²) in [7, 11) is 6.94. The maximum atomic E-state index is 12.3. The van der Waals surface area contributed by atoms with Gasteiger partial charge >= 0.3 is 0 Å². The fourth-order valence-corrected chi connectivity index (χ4v) is 7.49. The van der Waals surface area contributed by atoms with Gasteiger partial charge in [-0.3, -0.25) is 28.9 Å². The summed E-state index contributed by atoms with van der Waals surface area (Å²) >= 11 is 0. The number of carbonyl (C=O) groups is 2. The first kappa shape index (κ1) is 34.1. The molecule has 2 amide bonds. The highest BCUT2D eigenvalue weighted by molar-refractivity contribution is 6.14. The third-order valence-corrected chi connectivity index (χ3v) is 9.90. The number of ether oxygens (including phenoxy) is 2. The van der Waals surface area contributed by atoms with Crippen molar-refractivity contribution in [3.63, 3.8) is 0 Å². The molecule has 2 aromatic carbocycles. The van der Waals surface area contributed by atoms with Gasteiger partial charge in [0.25, 0.3) is 0 Å². The van der Waals surface area contributed by atoms with Crippen molar-refractivity contribution in [2.24, 2.45) is 25.6 Å². The van der Waals surface area contributed by atoms with E-state index in [1.807, 2.05) is 74.0 Å². The molecule has 8 aromatic rings. The molecule has 8 rings (SSSR count). The number of amides is 2. The van der Waals surface area contributed by atoms with E-state index in [4.69, 9.17) is 30.9 Å². The molecule has 0 saturated heterocycles. The number of methoxy groups -OCH3 is 2. The van der Waals surface area contributed by atoms with Gasteiger partial charge in [0.1, 0.15) is 11.5 Å². The number of carbonyl (C=O) groups excluding carboxylic acids is 2. The SMILES string of the molecule is COc1cc(C(N)=O)cc2c3cnc(-c4cc(C)nn4C)cc3n(C/C=C\Cn3c4cc(-c5cc(C)nn5C)ncc4c4cc(C(N)=O)cc(OC)c43)c12. The highest BCUT2D eigenvalue weighted by Gasteiger charge is 2.21. The Bertz CT molecular complexity index is 2680. The highest BCUT2D eigenvalue weighted by atomic mass is 16.5. The van der Waals surface area contributed by atoms with Crippen LogP contribution in [0.1, 0.15) is 32.1 Å². The lowest BCUT2D eigenvalue weighted by Gasteiger charge is -2.11. The average Bonchev–Trinajstić information content (AvgIpc) is 3.87. The Morgan fingerprint density at radius 2 is 1.04 bits per heavy atom. The highest BCUT2D eigenvalue weighted by Crippen LogP contribution is 2.39. The molecule has 0 saturated carbocycles. The fourth-order valence-electron chi connectivity index (χ4n) is 7.49. The molecular formula is C40H38N10O4. The van der Waals surface area contributed by atoms with E-state index in [9.17, 15) is 9.59 Å². The lowest BCUT2D eigenvalue weighted by molar-refractivity contribution is 0.0991. The van der Waals surface area contributed by atoms with Crippen molar-refractivity contribution in [3.8, 4) is 34.3 Å². The van der Waals surface area contributed by atoms with Crippen LogP contribution in [0.15, 0.2) is 73.1 Å². The molecule has 4 N–H and O–H groups in total. The number of fused-ring (bicyclic) bond motifs is 6. The van der Waals surface area contributed by atoms with E-state index in [0.29, 0.717) is 35.7 Å². The summed E-state index contributed by atoms with van der Waals surface area (Å²) in [5.41, 5.74) is 20.6. The molecule has 6 heterocycles. The van der Waals surface area contributed by atoms with Crippen LogP contribution in [0.25, 0.3) is 66.4 Å². The molecule has 0 aliphatic heterocycles. The van der Waals surface area contributed by atoms with Crippen molar-refractivity contribution >= 4 is 55.4 Å². The van der Waals surface area contributed by atoms with Crippen LogP contribution in [0, 0.1) is 13.8 Å². The number of pyridine rings is 2. The van der Waals surface area contributed by atoms with Crippen molar-refractivity contribution in [2.45, 2.75) is 26.9 Å². The minimum absolute atomic E-state index is 0.343. The maximum absolute atomic E-state index is 12.3. The van der Waals surface area contributed by atoms with Crippen LogP contribution < -0.4 is 20.9 Å². The fraction of sp³-hybridized carbons (Fsp3) is 0.200. The first-order chi connectivity index (χ1) is 26.0. The van der Waals surface area contributed by atoms with Crippen LogP contribution in [0.2, 0.25) is 0 Å². The van der Waals surface area contributed by atoms with Gasteiger partial charge in [-0.05, 0) is 62.4 Å². The first-order valence-electron chi connectivity index (χ1n) is 17.2. The molecule has 0 spiro atoms. The van der Waals surface area contributed by atoms with E-state index in [2.05, 4.69) is 31.5 Å². The van der Waals surface area contributed by atoms with Crippen LogP contribution in [-0.4, -0.2) is 64.7 Å². The third-order valence-electron chi connectivity index (χ3n) is 9.90. The first-order valence-corrected chi connectivity index (χ1v) is 17.2. The number of hydrogen-bond acceptors (Lipinski definition) is 8. The Labute approximate surface area is 309 Å². The molecule has 54 heavy (non-hydrogen) atoms. The largest absolute Gasteiger partial charge is 0.495 e. The summed E-state index contributed by atoms with van der Waals surface area (Å²) in [5.74, 6) is -0.0574. The van der Waals surface area contributed by atoms with Crippen LogP contribution >= 0.6 is 0 Å². The molecule has 6 aromatic heterocycles. The van der Waals surface area contributed by atoms with Crippen LogP contribution in [-0.2, 0) is 27.2 Å². The molecule has 0 aliphatic carbocycles. The number of allylic oxidation sites excluding steroid dienone is 2. The lowest BCUT2D eigenvalue weighted by Crippen LogP contribution is -2.11. The van der Waals surface area contributed by atoms with E-state index < -0.39 is 11.8 Å². The van der Waals surface area contributed by atoms with Crippen molar-refractivity contribution in [3.05, 3.63) is 95.6 Å². The molecule has 272 valence electrons. The predicted molar refractivity (Wildman–Crippen MR) is 208 cm³/mol. The number of benzene rings is 2. The van der Waals surface area contributed by atoms with Crippen molar-refractivity contribution in [1.29, 1.82) is 0 Å². The zero-order valence-electron chi connectivity index (χ0n) is 30.7. The average molecular weight is 723 g/mol. The molecule has 0 fully saturated rings. The number of aryl methyl sites for hydroxylation is 4. The number of rotatable bonds is 10. The zero-order chi connectivity index (χ0) is 38.0. The number of hydrogen-bond donors (Lipinski definition) is 2. The normalized spacial score (nSPS) is 11.9. The quantitative estimate of drug-likeness (QED) is 0.172. The second kappa shape index (κ2) is 12.9. The Hall–Kier alpha value is -6.96. The molecule has 0 radical (unpaired) electrons. The van der Waals surface area contributed by atoms with Crippen molar-refractivity contribution in [2.75, 3.05) is 14.2 Å². The van der Waals surface area contributed by atoms with E-state index in [1.54, 1.807) is 38.5 Å². The van der Waals surface area contributed by atoms with Crippen LogP contribution in [0.3, 0.4) is 0 Å². The van der Waals surface area contributed by atoms with E-state index >= 15 is 0 Å². The van der Waals surface area contributed by atoms with E-state index in [1.165, 1.54) is 0 Å². The molecule has 0 atom stereocenters. The van der Waals surface area contributed by atoms with Gasteiger partial charge in [-0.1, -0.05) is 12.2 Å². The molecule has 0 aliphatic rings. The van der Waals surface area contributed by atoms with Gasteiger partial charge in [0.05, 0.1) is 70.4 Å². The van der Waals surface area contributed by atoms with Gasteiger partial charge in [-0.25, -0.2) is 0 Å². The number of nitrogens with two attached hydrogens (primary N) is 2. The number of nitrogens with zero attached hydrogens (tertiary/aromatic N) is 8. The van der Waals surface area contributed by atoms with Gasteiger partial charge in [-0.15, -0.1) is 0 Å². The molecule has 0 unspecified atom stereocenters. The maximum Gasteiger partial charge on any atom is 0.248 e. The summed E-state index contributed by atoms with van der Waals surface area (Å²) in [4.78, 5) is 34.3. The Morgan fingerprint density at radius 3 is 1.37 bits per heavy atom. The number of primary amides is 2. The van der Waals surface area contributed by atoms with Crippen LogP contribution in [0.4, 0.5) is 0 Å². The summed E-state index contributed by atoms with van der Waals surface area (Å²) in [6, 6.07) is 15.0. The molecular weight excluding hydrogens is 685 g/mol.